The van der Waals surface area contributed by atoms with Crippen molar-refractivity contribution in [2.24, 2.45) is 0 Å². The molecule has 1 nitrogen and oxygen atoms in total. The Morgan fingerprint density at radius 1 is 0.857 bits per heavy atom. The van der Waals surface area contributed by atoms with Crippen LogP contribution in [0.4, 0.5) is 0 Å². The van der Waals surface area contributed by atoms with E-state index in [1.807, 2.05) is 42.5 Å². The lowest BCUT2D eigenvalue weighted by molar-refractivity contribution is 0.103. The molecular formula is C17H9Br2ClO. The van der Waals surface area contributed by atoms with Gasteiger partial charge in [0.2, 0.25) is 0 Å². The second-order valence-electron chi connectivity index (χ2n) is 4.59. The van der Waals surface area contributed by atoms with Crippen LogP contribution >= 0.6 is 43.5 Å². The molecule has 0 bridgehead atoms. The molecule has 0 saturated carbocycles. The summed E-state index contributed by atoms with van der Waals surface area (Å²) in [5, 5.41) is 2.40. The van der Waals surface area contributed by atoms with Crippen LogP contribution in [-0.4, -0.2) is 5.78 Å². The minimum Gasteiger partial charge on any atom is -0.289 e. The molecule has 0 radical (unpaired) electrons. The molecule has 0 aliphatic rings. The minimum absolute atomic E-state index is 0.0314. The van der Waals surface area contributed by atoms with Crippen LogP contribution in [0.25, 0.3) is 10.8 Å². The minimum atomic E-state index is -0.0314. The number of carbonyl (C=O) groups is 1. The summed E-state index contributed by atoms with van der Waals surface area (Å²) in [5.41, 5.74) is 1.27. The van der Waals surface area contributed by atoms with Crippen molar-refractivity contribution in [2.45, 2.75) is 0 Å². The van der Waals surface area contributed by atoms with E-state index in [1.54, 1.807) is 12.1 Å². The van der Waals surface area contributed by atoms with E-state index >= 15 is 0 Å². The molecule has 104 valence electrons. The lowest BCUT2D eigenvalue weighted by Gasteiger charge is -2.09. The molecule has 0 saturated heterocycles. The van der Waals surface area contributed by atoms with Gasteiger partial charge in [-0.15, -0.1) is 0 Å². The van der Waals surface area contributed by atoms with Gasteiger partial charge >= 0.3 is 0 Å². The molecule has 0 unspecified atom stereocenters. The largest absolute Gasteiger partial charge is 0.289 e. The van der Waals surface area contributed by atoms with Crippen molar-refractivity contribution >= 4 is 60.0 Å². The quantitative estimate of drug-likeness (QED) is 0.445. The van der Waals surface area contributed by atoms with E-state index in [2.05, 4.69) is 31.9 Å². The van der Waals surface area contributed by atoms with Crippen molar-refractivity contribution in [3.05, 3.63) is 79.7 Å². The Morgan fingerprint density at radius 2 is 1.57 bits per heavy atom. The van der Waals surface area contributed by atoms with Crippen molar-refractivity contribution in [1.82, 2.24) is 0 Å². The maximum atomic E-state index is 12.9. The fraction of sp³-hybridized carbons (Fsp3) is 0. The maximum Gasteiger partial charge on any atom is 0.194 e. The summed E-state index contributed by atoms with van der Waals surface area (Å²) in [5.74, 6) is -0.0314. The number of rotatable bonds is 2. The first-order chi connectivity index (χ1) is 10.1. The van der Waals surface area contributed by atoms with Gasteiger partial charge in [-0.1, -0.05) is 67.7 Å². The fourth-order valence-corrected chi connectivity index (χ4v) is 3.29. The van der Waals surface area contributed by atoms with Crippen molar-refractivity contribution in [3.63, 3.8) is 0 Å². The smallest absolute Gasteiger partial charge is 0.194 e. The van der Waals surface area contributed by atoms with Crippen LogP contribution in [0, 0.1) is 0 Å². The van der Waals surface area contributed by atoms with Gasteiger partial charge in [0.25, 0.3) is 0 Å². The molecule has 4 heteroatoms. The highest BCUT2D eigenvalue weighted by Gasteiger charge is 2.16. The summed E-state index contributed by atoms with van der Waals surface area (Å²) in [4.78, 5) is 12.9. The van der Waals surface area contributed by atoms with Crippen molar-refractivity contribution in [3.8, 4) is 0 Å². The monoisotopic (exact) mass is 422 g/mol. The number of halogens is 3. The summed E-state index contributed by atoms with van der Waals surface area (Å²) in [6, 6.07) is 16.8. The zero-order valence-electron chi connectivity index (χ0n) is 10.7. The van der Waals surface area contributed by atoms with E-state index in [-0.39, 0.29) is 5.78 Å². The molecule has 0 heterocycles. The van der Waals surface area contributed by atoms with Crippen molar-refractivity contribution in [2.75, 3.05) is 0 Å². The molecule has 0 atom stereocenters. The predicted octanol–water partition coefficient (Wildman–Crippen LogP) is 6.25. The molecule has 0 amide bonds. The van der Waals surface area contributed by atoms with E-state index in [0.717, 1.165) is 19.7 Å². The Labute approximate surface area is 144 Å². The molecule has 0 aliphatic heterocycles. The van der Waals surface area contributed by atoms with Crippen LogP contribution in [0.15, 0.2) is 63.5 Å². The first-order valence-corrected chi connectivity index (χ1v) is 8.21. The highest BCUT2D eigenvalue weighted by atomic mass is 79.9. The zero-order chi connectivity index (χ0) is 15.0. The molecule has 0 N–H and O–H groups in total. The lowest BCUT2D eigenvalue weighted by Crippen LogP contribution is -2.03. The Balaban J connectivity index is 2.23. The van der Waals surface area contributed by atoms with Gasteiger partial charge in [0.15, 0.2) is 5.78 Å². The highest BCUT2D eigenvalue weighted by molar-refractivity contribution is 9.11. The summed E-state index contributed by atoms with van der Waals surface area (Å²) in [6.45, 7) is 0. The van der Waals surface area contributed by atoms with Gasteiger partial charge in [0.1, 0.15) is 0 Å². The number of benzene rings is 3. The van der Waals surface area contributed by atoms with Gasteiger partial charge in [-0.05, 0) is 35.7 Å². The van der Waals surface area contributed by atoms with Gasteiger partial charge < -0.3 is 0 Å². The number of carbonyl (C=O) groups excluding carboxylic acids is 1. The molecule has 0 spiro atoms. The number of hydrogen-bond acceptors (Lipinski definition) is 1. The Bertz CT molecular complexity index is 859. The van der Waals surface area contributed by atoms with E-state index in [1.165, 1.54) is 0 Å². The first-order valence-electron chi connectivity index (χ1n) is 6.25. The van der Waals surface area contributed by atoms with Gasteiger partial charge in [-0.25, -0.2) is 0 Å². The Kier molecular flexibility index (Phi) is 4.16. The third-order valence-corrected chi connectivity index (χ3v) is 4.80. The van der Waals surface area contributed by atoms with E-state index in [4.69, 9.17) is 11.6 Å². The lowest BCUT2D eigenvalue weighted by atomic mass is 9.97. The van der Waals surface area contributed by atoms with Crippen LogP contribution in [0.5, 0.6) is 0 Å². The molecule has 3 aromatic carbocycles. The van der Waals surface area contributed by atoms with Crippen molar-refractivity contribution < 1.29 is 4.79 Å². The summed E-state index contributed by atoms with van der Waals surface area (Å²) < 4.78 is 1.64. The van der Waals surface area contributed by atoms with Crippen LogP contribution in [0.2, 0.25) is 5.02 Å². The van der Waals surface area contributed by atoms with E-state index in [0.29, 0.717) is 16.1 Å². The topological polar surface area (TPSA) is 17.1 Å². The standard InChI is InChI=1S/C17H9Br2ClO/c18-10-5-7-15(19)14(9-10)17(21)13-6-8-16(20)12-4-2-1-3-11(12)13/h1-9H. The van der Waals surface area contributed by atoms with Crippen LogP contribution in [0.3, 0.4) is 0 Å². The fourth-order valence-electron chi connectivity index (χ4n) is 2.28. The molecule has 0 aliphatic carbocycles. The summed E-state index contributed by atoms with van der Waals surface area (Å²) >= 11 is 13.1. The second kappa shape index (κ2) is 5.91. The van der Waals surface area contributed by atoms with Gasteiger partial charge in [0, 0.05) is 30.5 Å². The number of fused-ring (bicyclic) bond motifs is 1. The average Bonchev–Trinajstić information content (AvgIpc) is 2.50. The SMILES string of the molecule is O=C(c1cc(Br)ccc1Br)c1ccc(Cl)c2ccccc12. The normalized spacial score (nSPS) is 10.8. The molecule has 21 heavy (non-hydrogen) atoms. The van der Waals surface area contributed by atoms with Gasteiger partial charge in [-0.3, -0.25) is 4.79 Å². The molecule has 3 aromatic rings. The van der Waals surface area contributed by atoms with Crippen LogP contribution < -0.4 is 0 Å². The Hall–Kier alpha value is -1.16. The third-order valence-electron chi connectivity index (χ3n) is 3.29. The average molecular weight is 425 g/mol. The molecular weight excluding hydrogens is 415 g/mol. The number of hydrogen-bond donors (Lipinski definition) is 0. The summed E-state index contributed by atoms with van der Waals surface area (Å²) in [6.07, 6.45) is 0. The number of ketones is 1. The third kappa shape index (κ3) is 2.78. The maximum absolute atomic E-state index is 12.9. The van der Waals surface area contributed by atoms with Gasteiger partial charge in [0.05, 0.1) is 0 Å². The first kappa shape index (κ1) is 14.8. The molecule has 3 rings (SSSR count). The second-order valence-corrected chi connectivity index (χ2v) is 6.77. The predicted molar refractivity (Wildman–Crippen MR) is 94.2 cm³/mol. The zero-order valence-corrected chi connectivity index (χ0v) is 14.7. The van der Waals surface area contributed by atoms with Gasteiger partial charge in [-0.2, -0.15) is 0 Å². The molecule has 0 aromatic heterocycles. The van der Waals surface area contributed by atoms with E-state index < -0.39 is 0 Å². The van der Waals surface area contributed by atoms with Crippen LogP contribution in [0.1, 0.15) is 15.9 Å². The Morgan fingerprint density at radius 3 is 2.33 bits per heavy atom. The van der Waals surface area contributed by atoms with Crippen molar-refractivity contribution in [1.29, 1.82) is 0 Å². The highest BCUT2D eigenvalue weighted by Crippen LogP contribution is 2.30. The molecule has 0 fully saturated rings. The van der Waals surface area contributed by atoms with E-state index in [9.17, 15) is 4.79 Å². The van der Waals surface area contributed by atoms with Crippen LogP contribution in [-0.2, 0) is 0 Å². The summed E-state index contributed by atoms with van der Waals surface area (Å²) in [7, 11) is 0.